The molecule has 0 unspecified atom stereocenters. The van der Waals surface area contributed by atoms with Crippen LogP contribution in [0, 0.1) is 0 Å². The normalized spacial score (nSPS) is 12.4. The number of ether oxygens (including phenoxy) is 1. The van der Waals surface area contributed by atoms with Crippen molar-refractivity contribution in [3.63, 3.8) is 0 Å². The summed E-state index contributed by atoms with van der Waals surface area (Å²) in [5.74, 6) is 0.622. The Hall–Kier alpha value is -2.12. The van der Waals surface area contributed by atoms with E-state index in [1.165, 1.54) is 0 Å². The Balaban J connectivity index is 1.62. The third kappa shape index (κ3) is 4.74. The maximum atomic E-state index is 10.4. The maximum Gasteiger partial charge on any atom is 0.204 e. The number of nitrogens with zero attached hydrogens (tertiary/aromatic N) is 2. The first-order valence-corrected chi connectivity index (χ1v) is 8.85. The van der Waals surface area contributed by atoms with Crippen molar-refractivity contribution in [3.8, 4) is 0 Å². The number of anilines is 1. The number of nitrogens with one attached hydrogen (secondary N) is 1. The van der Waals surface area contributed by atoms with Crippen LogP contribution in [0.2, 0.25) is 5.02 Å². The van der Waals surface area contributed by atoms with Crippen molar-refractivity contribution in [1.29, 1.82) is 0 Å². The minimum atomic E-state index is -0.686. The lowest BCUT2D eigenvalue weighted by Crippen LogP contribution is -2.23. The Morgan fingerprint density at radius 3 is 2.69 bits per heavy atom. The minimum Gasteiger partial charge on any atom is -0.395 e. The van der Waals surface area contributed by atoms with Crippen LogP contribution < -0.4 is 5.32 Å². The Morgan fingerprint density at radius 2 is 1.92 bits per heavy atom. The van der Waals surface area contributed by atoms with Gasteiger partial charge in [-0.05, 0) is 29.8 Å². The molecule has 0 fully saturated rings. The van der Waals surface area contributed by atoms with E-state index in [-0.39, 0.29) is 13.2 Å². The van der Waals surface area contributed by atoms with Crippen LogP contribution in [0.5, 0.6) is 0 Å². The molecule has 3 N–H and O–H groups in total. The number of imidazole rings is 1. The molecule has 0 bridgehead atoms. The third-order valence-corrected chi connectivity index (χ3v) is 4.19. The van der Waals surface area contributed by atoms with Crippen molar-refractivity contribution in [2.45, 2.75) is 19.3 Å². The number of hydrogen-bond donors (Lipinski definition) is 3. The van der Waals surface area contributed by atoms with Gasteiger partial charge in [0.15, 0.2) is 0 Å². The van der Waals surface area contributed by atoms with Crippen molar-refractivity contribution in [2.24, 2.45) is 0 Å². The highest BCUT2D eigenvalue weighted by molar-refractivity contribution is 6.30. The summed E-state index contributed by atoms with van der Waals surface area (Å²) in [4.78, 5) is 4.52. The molecule has 1 atom stereocenters. The fourth-order valence-electron chi connectivity index (χ4n) is 2.72. The minimum absolute atomic E-state index is 0.00988. The fourth-order valence-corrected chi connectivity index (χ4v) is 2.85. The quantitative estimate of drug-likeness (QED) is 0.536. The number of aliphatic hydroxyl groups excluding tert-OH is 2. The molecule has 138 valence electrons. The maximum absolute atomic E-state index is 10.4. The Labute approximate surface area is 157 Å². The molecule has 2 aromatic carbocycles. The highest BCUT2D eigenvalue weighted by atomic mass is 35.5. The molecule has 0 aliphatic rings. The van der Waals surface area contributed by atoms with Gasteiger partial charge in [0, 0.05) is 11.6 Å². The smallest absolute Gasteiger partial charge is 0.204 e. The van der Waals surface area contributed by atoms with Crippen molar-refractivity contribution in [3.05, 3.63) is 59.1 Å². The highest BCUT2D eigenvalue weighted by Gasteiger charge is 2.14. The van der Waals surface area contributed by atoms with E-state index in [0.29, 0.717) is 30.7 Å². The molecule has 3 aromatic rings. The van der Waals surface area contributed by atoms with Gasteiger partial charge in [-0.15, -0.1) is 0 Å². The van der Waals surface area contributed by atoms with E-state index in [4.69, 9.17) is 21.4 Å². The van der Waals surface area contributed by atoms with Crippen LogP contribution in [0.15, 0.2) is 48.5 Å². The van der Waals surface area contributed by atoms with Crippen LogP contribution in [0.25, 0.3) is 11.0 Å². The summed E-state index contributed by atoms with van der Waals surface area (Å²) >= 11 is 5.86. The van der Waals surface area contributed by atoms with Crippen LogP contribution >= 0.6 is 11.6 Å². The van der Waals surface area contributed by atoms with Gasteiger partial charge in [-0.2, -0.15) is 0 Å². The zero-order valence-corrected chi connectivity index (χ0v) is 15.1. The Morgan fingerprint density at radius 1 is 1.15 bits per heavy atom. The van der Waals surface area contributed by atoms with Gasteiger partial charge in [-0.3, -0.25) is 0 Å². The van der Waals surface area contributed by atoms with E-state index < -0.39 is 6.10 Å². The summed E-state index contributed by atoms with van der Waals surface area (Å²) < 4.78 is 7.52. The second-order valence-electron chi connectivity index (χ2n) is 5.98. The molecule has 1 aromatic heterocycles. The van der Waals surface area contributed by atoms with Crippen LogP contribution in [-0.4, -0.2) is 45.6 Å². The van der Waals surface area contributed by atoms with E-state index >= 15 is 0 Å². The first-order chi connectivity index (χ1) is 12.7. The van der Waals surface area contributed by atoms with Crippen molar-refractivity contribution in [2.75, 3.05) is 25.1 Å². The lowest BCUT2D eigenvalue weighted by atomic mass is 10.2. The molecule has 0 aliphatic carbocycles. The fraction of sp³-hybridized carbons (Fsp3) is 0.316. The topological polar surface area (TPSA) is 79.5 Å². The summed E-state index contributed by atoms with van der Waals surface area (Å²) in [6, 6.07) is 15.1. The van der Waals surface area contributed by atoms with Gasteiger partial charge < -0.3 is 24.8 Å². The second-order valence-corrected chi connectivity index (χ2v) is 6.42. The largest absolute Gasteiger partial charge is 0.395 e. The molecule has 26 heavy (non-hydrogen) atoms. The third-order valence-electron chi connectivity index (χ3n) is 3.94. The number of fused-ring (bicyclic) bond motifs is 1. The number of benzene rings is 2. The van der Waals surface area contributed by atoms with Crippen molar-refractivity contribution >= 4 is 28.6 Å². The molecule has 3 rings (SSSR count). The summed E-state index contributed by atoms with van der Waals surface area (Å²) in [6.45, 7) is 1.36. The molecule has 0 saturated carbocycles. The van der Waals surface area contributed by atoms with Crippen LogP contribution in [0.1, 0.15) is 5.56 Å². The van der Waals surface area contributed by atoms with Gasteiger partial charge in [0.2, 0.25) is 5.95 Å². The zero-order chi connectivity index (χ0) is 18.4. The Bertz CT molecular complexity index is 836. The number of aliphatic hydroxyl groups is 2. The molecule has 7 heteroatoms. The summed E-state index contributed by atoms with van der Waals surface area (Å²) in [5.41, 5.74) is 2.76. The number of para-hydroxylation sites is 2. The molecule has 6 nitrogen and oxygen atoms in total. The first kappa shape index (κ1) is 18.7. The SMILES string of the molecule is OCCNc1nc2ccccc2n1C[C@@H](O)COCc1ccc(Cl)cc1. The van der Waals surface area contributed by atoms with Gasteiger partial charge in [0.1, 0.15) is 0 Å². The number of rotatable bonds is 9. The van der Waals surface area contributed by atoms with Crippen molar-refractivity contribution in [1.82, 2.24) is 9.55 Å². The van der Waals surface area contributed by atoms with Gasteiger partial charge in [0.25, 0.3) is 0 Å². The van der Waals surface area contributed by atoms with Gasteiger partial charge >= 0.3 is 0 Å². The predicted octanol–water partition coefficient (Wildman–Crippen LogP) is 2.67. The molecular formula is C19H22ClN3O3. The number of halogens is 1. The van der Waals surface area contributed by atoms with Crippen LogP contribution in [0.3, 0.4) is 0 Å². The summed E-state index contributed by atoms with van der Waals surface area (Å²) in [7, 11) is 0. The average Bonchev–Trinajstić information content (AvgIpc) is 2.99. The highest BCUT2D eigenvalue weighted by Crippen LogP contribution is 2.20. The van der Waals surface area contributed by atoms with Gasteiger partial charge in [0.05, 0.1) is 43.5 Å². The Kier molecular flexibility index (Phi) is 6.46. The number of aromatic nitrogens is 2. The first-order valence-electron chi connectivity index (χ1n) is 8.47. The monoisotopic (exact) mass is 375 g/mol. The van der Waals surface area contributed by atoms with Gasteiger partial charge in [-0.1, -0.05) is 35.9 Å². The van der Waals surface area contributed by atoms with Gasteiger partial charge in [-0.25, -0.2) is 4.98 Å². The average molecular weight is 376 g/mol. The van der Waals surface area contributed by atoms with E-state index in [2.05, 4.69) is 10.3 Å². The molecule has 0 aliphatic heterocycles. The standard InChI is InChI=1S/C19H22ClN3O3/c20-15-7-5-14(6-8-15)12-26-13-16(25)11-23-18-4-2-1-3-17(18)22-19(23)21-9-10-24/h1-8,16,24-25H,9-13H2,(H,21,22)/t16-/m1/s1. The van der Waals surface area contributed by atoms with Crippen molar-refractivity contribution < 1.29 is 14.9 Å². The van der Waals surface area contributed by atoms with E-state index in [9.17, 15) is 5.11 Å². The summed E-state index contributed by atoms with van der Waals surface area (Å²) in [6.07, 6.45) is -0.686. The predicted molar refractivity (Wildman–Crippen MR) is 102 cm³/mol. The molecule has 0 amide bonds. The van der Waals surface area contributed by atoms with Crippen LogP contribution in [-0.2, 0) is 17.9 Å². The van der Waals surface area contributed by atoms with E-state index in [0.717, 1.165) is 16.6 Å². The molecule has 0 radical (unpaired) electrons. The molecule has 0 spiro atoms. The summed E-state index contributed by atoms with van der Waals surface area (Å²) in [5, 5.41) is 23.2. The van der Waals surface area contributed by atoms with Crippen LogP contribution in [0.4, 0.5) is 5.95 Å². The number of hydrogen-bond acceptors (Lipinski definition) is 5. The second kappa shape index (κ2) is 9.00. The molecule has 0 saturated heterocycles. The lowest BCUT2D eigenvalue weighted by Gasteiger charge is -2.15. The molecule has 1 heterocycles. The lowest BCUT2D eigenvalue weighted by molar-refractivity contribution is 0.0211. The van der Waals surface area contributed by atoms with E-state index in [1.54, 1.807) is 0 Å². The van der Waals surface area contributed by atoms with E-state index in [1.807, 2.05) is 53.1 Å². The molecular weight excluding hydrogens is 354 g/mol. The zero-order valence-electron chi connectivity index (χ0n) is 14.3.